The smallest absolute Gasteiger partial charge is 0.406 e. The van der Waals surface area contributed by atoms with Crippen molar-refractivity contribution in [1.29, 1.82) is 0 Å². The highest BCUT2D eigenvalue weighted by atomic mass is 32.2. The molecule has 0 saturated carbocycles. The average molecular weight is 443 g/mol. The van der Waals surface area contributed by atoms with E-state index in [0.717, 1.165) is 63.2 Å². The van der Waals surface area contributed by atoms with Crippen molar-refractivity contribution in [3.05, 3.63) is 59.7 Å². The second-order valence-electron chi connectivity index (χ2n) is 7.27. The maximum Gasteiger partial charge on any atom is 0.573 e. The van der Waals surface area contributed by atoms with Crippen molar-refractivity contribution in [2.45, 2.75) is 43.5 Å². The minimum absolute atomic E-state index is 0.0935. The van der Waals surface area contributed by atoms with Gasteiger partial charge in [0, 0.05) is 19.6 Å². The van der Waals surface area contributed by atoms with E-state index >= 15 is 0 Å². The molecule has 164 valence electrons. The van der Waals surface area contributed by atoms with Crippen LogP contribution in [0.1, 0.15) is 30.4 Å². The summed E-state index contributed by atoms with van der Waals surface area (Å²) in [6, 6.07) is 12.6. The number of fused-ring (bicyclic) bond motifs is 1. The Balaban J connectivity index is 1.36. The van der Waals surface area contributed by atoms with E-state index in [1.54, 1.807) is 0 Å². The largest absolute Gasteiger partial charge is 0.573 e. The summed E-state index contributed by atoms with van der Waals surface area (Å²) in [6.45, 7) is 3.25. The zero-order valence-corrected chi connectivity index (χ0v) is 17.3. The third kappa shape index (κ3) is 6.72. The fourth-order valence-electron chi connectivity index (χ4n) is 3.49. The third-order valence-corrected chi connectivity index (χ3v) is 6.50. The fraction of sp³-hybridized carbons (Fsp3) is 0.429. The molecule has 0 radical (unpaired) electrons. The minimum Gasteiger partial charge on any atom is -0.406 e. The predicted octanol–water partition coefficient (Wildman–Crippen LogP) is 4.09. The first-order valence-corrected chi connectivity index (χ1v) is 11.4. The molecule has 3 rings (SSSR count). The highest BCUT2D eigenvalue weighted by Crippen LogP contribution is 2.24. The fourth-order valence-corrected chi connectivity index (χ4v) is 4.57. The lowest BCUT2D eigenvalue weighted by Crippen LogP contribution is -2.31. The van der Waals surface area contributed by atoms with Crippen molar-refractivity contribution in [2.24, 2.45) is 0 Å². The van der Waals surface area contributed by atoms with E-state index in [9.17, 15) is 21.6 Å². The number of rotatable bonds is 9. The number of halogens is 3. The number of sulfonamides is 1. The molecular formula is C21H25F3N2O3S. The van der Waals surface area contributed by atoms with Crippen LogP contribution < -0.4 is 9.46 Å². The van der Waals surface area contributed by atoms with Crippen molar-refractivity contribution in [3.63, 3.8) is 0 Å². The second-order valence-corrected chi connectivity index (χ2v) is 9.04. The van der Waals surface area contributed by atoms with E-state index < -0.39 is 22.1 Å². The summed E-state index contributed by atoms with van der Waals surface area (Å²) in [6.07, 6.45) is -1.19. The quantitative estimate of drug-likeness (QED) is 0.595. The highest BCUT2D eigenvalue weighted by molar-refractivity contribution is 7.89. The number of benzene rings is 2. The van der Waals surface area contributed by atoms with Crippen molar-refractivity contribution in [2.75, 3.05) is 19.6 Å². The van der Waals surface area contributed by atoms with Crippen LogP contribution in [0.3, 0.4) is 0 Å². The summed E-state index contributed by atoms with van der Waals surface area (Å²) in [7, 11) is -3.76. The Labute approximate surface area is 174 Å². The van der Waals surface area contributed by atoms with Crippen LogP contribution >= 0.6 is 0 Å². The first kappa shape index (κ1) is 22.6. The van der Waals surface area contributed by atoms with Gasteiger partial charge >= 0.3 is 6.36 Å². The number of nitrogens with one attached hydrogen (secondary N) is 1. The molecule has 2 aromatic rings. The monoisotopic (exact) mass is 442 g/mol. The Morgan fingerprint density at radius 3 is 2.37 bits per heavy atom. The first-order valence-electron chi connectivity index (χ1n) is 9.87. The van der Waals surface area contributed by atoms with Crippen LogP contribution in [0.25, 0.3) is 0 Å². The van der Waals surface area contributed by atoms with Crippen LogP contribution in [0.2, 0.25) is 0 Å². The lowest BCUT2D eigenvalue weighted by Gasteiger charge is -2.28. The topological polar surface area (TPSA) is 58.6 Å². The normalized spacial score (nSPS) is 15.0. The van der Waals surface area contributed by atoms with E-state index in [0.29, 0.717) is 6.42 Å². The molecule has 0 unspecified atom stereocenters. The summed E-state index contributed by atoms with van der Waals surface area (Å²) in [5, 5.41) is 0. The zero-order chi connectivity index (χ0) is 21.6. The zero-order valence-electron chi connectivity index (χ0n) is 16.5. The van der Waals surface area contributed by atoms with E-state index in [4.69, 9.17) is 0 Å². The van der Waals surface area contributed by atoms with Gasteiger partial charge in [-0.2, -0.15) is 0 Å². The Morgan fingerprint density at radius 2 is 1.67 bits per heavy atom. The standard InChI is InChI=1S/C21H25F3N2O3S/c22-21(23,24)29-19-8-10-20(11-9-19)30(27,28)25-13-4-1-5-14-26-15-12-17-6-2-3-7-18(17)16-26/h2-3,6-11,25H,1,4-5,12-16H2. The van der Waals surface area contributed by atoms with Crippen LogP contribution in [-0.4, -0.2) is 39.3 Å². The molecule has 0 fully saturated rings. The van der Waals surface area contributed by atoms with Crippen molar-refractivity contribution in [3.8, 4) is 5.75 Å². The molecule has 5 nitrogen and oxygen atoms in total. The lowest BCUT2D eigenvalue weighted by molar-refractivity contribution is -0.274. The number of hydrogen-bond acceptors (Lipinski definition) is 4. The van der Waals surface area contributed by atoms with Gasteiger partial charge in [0.1, 0.15) is 5.75 Å². The number of unbranched alkanes of at least 4 members (excludes halogenated alkanes) is 2. The first-order chi connectivity index (χ1) is 14.2. The van der Waals surface area contributed by atoms with Gasteiger partial charge in [-0.05, 0) is 61.2 Å². The number of alkyl halides is 3. The second kappa shape index (κ2) is 9.80. The van der Waals surface area contributed by atoms with Crippen molar-refractivity contribution < 1.29 is 26.3 Å². The maximum absolute atomic E-state index is 12.2. The van der Waals surface area contributed by atoms with Crippen molar-refractivity contribution >= 4 is 10.0 Å². The molecule has 0 saturated heterocycles. The lowest BCUT2D eigenvalue weighted by atomic mass is 10.00. The number of ether oxygens (including phenoxy) is 1. The Hall–Kier alpha value is -2.10. The maximum atomic E-state index is 12.2. The van der Waals surface area contributed by atoms with Gasteiger partial charge in [-0.15, -0.1) is 13.2 Å². The summed E-state index contributed by atoms with van der Waals surface area (Å²) in [5.74, 6) is -0.457. The molecular weight excluding hydrogens is 417 g/mol. The van der Waals surface area contributed by atoms with Crippen LogP contribution in [0.4, 0.5) is 13.2 Å². The van der Waals surface area contributed by atoms with Gasteiger partial charge < -0.3 is 4.74 Å². The number of hydrogen-bond donors (Lipinski definition) is 1. The third-order valence-electron chi connectivity index (χ3n) is 5.02. The molecule has 0 amide bonds. The van der Waals surface area contributed by atoms with E-state index in [-0.39, 0.29) is 11.4 Å². The molecule has 2 aromatic carbocycles. The van der Waals surface area contributed by atoms with Crippen LogP contribution in [-0.2, 0) is 23.0 Å². The van der Waals surface area contributed by atoms with Gasteiger partial charge in [0.25, 0.3) is 0 Å². The minimum atomic E-state index is -4.81. The SMILES string of the molecule is O=S(=O)(NCCCCCN1CCc2ccccc2C1)c1ccc(OC(F)(F)F)cc1. The molecule has 0 atom stereocenters. The van der Waals surface area contributed by atoms with E-state index in [2.05, 4.69) is 38.6 Å². The summed E-state index contributed by atoms with van der Waals surface area (Å²) >= 11 is 0. The van der Waals surface area contributed by atoms with Crippen LogP contribution in [0, 0.1) is 0 Å². The summed E-state index contributed by atoms with van der Waals surface area (Å²) in [4.78, 5) is 2.32. The molecule has 1 aliphatic heterocycles. The Morgan fingerprint density at radius 1 is 0.967 bits per heavy atom. The van der Waals surface area contributed by atoms with Gasteiger partial charge in [-0.1, -0.05) is 30.7 Å². The van der Waals surface area contributed by atoms with Crippen LogP contribution in [0.5, 0.6) is 5.75 Å². The Bertz CT molecular complexity index is 931. The molecule has 1 heterocycles. The molecule has 1 N–H and O–H groups in total. The van der Waals surface area contributed by atoms with E-state index in [1.807, 2.05) is 0 Å². The van der Waals surface area contributed by atoms with Crippen molar-refractivity contribution in [1.82, 2.24) is 9.62 Å². The Kier molecular flexibility index (Phi) is 7.38. The van der Waals surface area contributed by atoms with E-state index in [1.165, 1.54) is 11.1 Å². The molecule has 30 heavy (non-hydrogen) atoms. The summed E-state index contributed by atoms with van der Waals surface area (Å²) in [5.41, 5.74) is 2.80. The molecule has 9 heteroatoms. The van der Waals surface area contributed by atoms with Gasteiger partial charge in [-0.25, -0.2) is 13.1 Å². The molecule has 0 spiro atoms. The molecule has 0 aliphatic carbocycles. The highest BCUT2D eigenvalue weighted by Gasteiger charge is 2.31. The van der Waals surface area contributed by atoms with Gasteiger partial charge in [0.05, 0.1) is 4.90 Å². The number of nitrogens with zero attached hydrogens (tertiary/aromatic N) is 1. The molecule has 1 aliphatic rings. The average Bonchev–Trinajstić information content (AvgIpc) is 2.69. The van der Waals surface area contributed by atoms with Crippen LogP contribution in [0.15, 0.2) is 53.4 Å². The summed E-state index contributed by atoms with van der Waals surface area (Å²) < 4.78 is 67.2. The van der Waals surface area contributed by atoms with Gasteiger partial charge in [0.15, 0.2) is 0 Å². The molecule has 0 bridgehead atoms. The molecule has 0 aromatic heterocycles. The van der Waals surface area contributed by atoms with Gasteiger partial charge in [0.2, 0.25) is 10.0 Å². The van der Waals surface area contributed by atoms with Gasteiger partial charge in [-0.3, -0.25) is 4.90 Å². The predicted molar refractivity (Wildman–Crippen MR) is 108 cm³/mol.